The van der Waals surface area contributed by atoms with Crippen LogP contribution in [0.15, 0.2) is 22.7 Å². The summed E-state index contributed by atoms with van der Waals surface area (Å²) in [4.78, 5) is 2.49. The number of halogens is 1. The van der Waals surface area contributed by atoms with Gasteiger partial charge in [-0.3, -0.25) is 0 Å². The Bertz CT molecular complexity index is 425. The number of aryl methyl sites for hydroxylation is 1. The number of nitrogens with two attached hydrogens (primary N) is 1. The molecule has 1 aromatic carbocycles. The normalized spacial score (nSPS) is 23.2. The van der Waals surface area contributed by atoms with Crippen LogP contribution in [0.4, 0.5) is 0 Å². The van der Waals surface area contributed by atoms with Gasteiger partial charge in [-0.05, 0) is 75.3 Å². The first-order valence-corrected chi connectivity index (χ1v) is 8.53. The Labute approximate surface area is 131 Å². The monoisotopic (exact) mass is 338 g/mol. The number of benzene rings is 1. The van der Waals surface area contributed by atoms with E-state index in [9.17, 15) is 0 Å². The molecule has 0 bridgehead atoms. The molecule has 2 N–H and O–H groups in total. The molecule has 20 heavy (non-hydrogen) atoms. The summed E-state index contributed by atoms with van der Waals surface area (Å²) >= 11 is 3.56. The number of hydrogen-bond donors (Lipinski definition) is 1. The highest BCUT2D eigenvalue weighted by Crippen LogP contribution is 2.24. The predicted octanol–water partition coefficient (Wildman–Crippen LogP) is 3.75. The zero-order valence-electron chi connectivity index (χ0n) is 12.7. The second kappa shape index (κ2) is 7.58. The summed E-state index contributed by atoms with van der Waals surface area (Å²) in [5, 5.41) is 0. The molecule has 0 saturated heterocycles. The van der Waals surface area contributed by atoms with Gasteiger partial charge in [-0.2, -0.15) is 0 Å². The maximum atomic E-state index is 5.98. The fourth-order valence-corrected chi connectivity index (χ4v) is 3.53. The first kappa shape index (κ1) is 16.0. The van der Waals surface area contributed by atoms with Crippen LogP contribution in [0.25, 0.3) is 0 Å². The van der Waals surface area contributed by atoms with Gasteiger partial charge < -0.3 is 10.6 Å². The van der Waals surface area contributed by atoms with E-state index in [0.717, 1.165) is 18.9 Å². The van der Waals surface area contributed by atoms with Crippen molar-refractivity contribution in [1.29, 1.82) is 0 Å². The van der Waals surface area contributed by atoms with E-state index >= 15 is 0 Å². The molecule has 2 nitrogen and oxygen atoms in total. The summed E-state index contributed by atoms with van der Waals surface area (Å²) in [6.07, 6.45) is 6.17. The molecule has 1 saturated carbocycles. The Morgan fingerprint density at radius 2 is 1.95 bits per heavy atom. The van der Waals surface area contributed by atoms with Crippen LogP contribution >= 0.6 is 15.9 Å². The van der Waals surface area contributed by atoms with Crippen molar-refractivity contribution in [2.24, 2.45) is 11.7 Å². The van der Waals surface area contributed by atoms with E-state index in [1.165, 1.54) is 47.8 Å². The van der Waals surface area contributed by atoms with Crippen molar-refractivity contribution in [3.8, 4) is 0 Å². The zero-order valence-corrected chi connectivity index (χ0v) is 14.3. The molecule has 0 radical (unpaired) electrons. The number of hydrogen-bond acceptors (Lipinski definition) is 2. The first-order chi connectivity index (χ1) is 9.54. The van der Waals surface area contributed by atoms with Gasteiger partial charge in [0.2, 0.25) is 0 Å². The lowest BCUT2D eigenvalue weighted by molar-refractivity contribution is 0.225. The number of likely N-dealkylation sites (N-methyl/N-ethyl adjacent to an activating group) is 1. The van der Waals surface area contributed by atoms with Gasteiger partial charge in [0, 0.05) is 23.6 Å². The molecular weight excluding hydrogens is 312 g/mol. The average Bonchev–Trinajstić information content (AvgIpc) is 2.42. The summed E-state index contributed by atoms with van der Waals surface area (Å²) in [5.41, 5.74) is 8.82. The summed E-state index contributed by atoms with van der Waals surface area (Å²) in [6, 6.07) is 7.03. The zero-order chi connectivity index (χ0) is 14.5. The fraction of sp³-hybridized carbons (Fsp3) is 0.647. The molecule has 0 atom stereocenters. The maximum Gasteiger partial charge on any atom is 0.0178 e. The van der Waals surface area contributed by atoms with Gasteiger partial charge in [0.15, 0.2) is 0 Å². The molecule has 1 fully saturated rings. The molecule has 112 valence electrons. The van der Waals surface area contributed by atoms with Gasteiger partial charge in [0.05, 0.1) is 0 Å². The van der Waals surface area contributed by atoms with Crippen molar-refractivity contribution in [3.05, 3.63) is 33.8 Å². The maximum absolute atomic E-state index is 5.98. The molecule has 0 aliphatic heterocycles. The molecule has 1 aliphatic carbocycles. The van der Waals surface area contributed by atoms with E-state index in [0.29, 0.717) is 6.04 Å². The van der Waals surface area contributed by atoms with E-state index in [4.69, 9.17) is 5.73 Å². The summed E-state index contributed by atoms with van der Waals surface area (Å²) < 4.78 is 1.18. The minimum absolute atomic E-state index is 0.459. The van der Waals surface area contributed by atoms with E-state index in [1.54, 1.807) is 0 Å². The van der Waals surface area contributed by atoms with Crippen LogP contribution in [0.1, 0.15) is 36.8 Å². The van der Waals surface area contributed by atoms with Crippen molar-refractivity contribution >= 4 is 15.9 Å². The number of rotatable bonds is 5. The van der Waals surface area contributed by atoms with Gasteiger partial charge in [0.1, 0.15) is 0 Å². The highest BCUT2D eigenvalue weighted by molar-refractivity contribution is 9.10. The van der Waals surface area contributed by atoms with E-state index < -0.39 is 0 Å². The third-order valence-corrected chi connectivity index (χ3v) is 5.03. The van der Waals surface area contributed by atoms with E-state index in [-0.39, 0.29) is 0 Å². The fourth-order valence-electron chi connectivity index (χ4n) is 3.12. The van der Waals surface area contributed by atoms with Crippen molar-refractivity contribution < 1.29 is 0 Å². The van der Waals surface area contributed by atoms with Crippen LogP contribution in [0.2, 0.25) is 0 Å². The Morgan fingerprint density at radius 3 is 2.65 bits per heavy atom. The Kier molecular flexibility index (Phi) is 6.06. The average molecular weight is 339 g/mol. The van der Waals surface area contributed by atoms with Gasteiger partial charge in [-0.1, -0.05) is 22.0 Å². The molecular formula is C17H27BrN2. The minimum Gasteiger partial charge on any atom is -0.328 e. The molecule has 0 aromatic heterocycles. The minimum atomic E-state index is 0.459. The quantitative estimate of drug-likeness (QED) is 0.885. The molecule has 3 heteroatoms. The molecule has 1 aromatic rings. The van der Waals surface area contributed by atoms with E-state index in [2.05, 4.69) is 53.0 Å². The van der Waals surface area contributed by atoms with Crippen molar-refractivity contribution in [2.75, 3.05) is 20.1 Å². The molecule has 0 spiro atoms. The standard InChI is InChI=1S/C17H27BrN2/c1-13-3-6-16(18)11-15(13)9-10-20(2)12-14-4-7-17(19)8-5-14/h3,6,11,14,17H,4-5,7-10,12,19H2,1-2H3. The first-order valence-electron chi connectivity index (χ1n) is 7.73. The molecule has 1 aliphatic rings. The lowest BCUT2D eigenvalue weighted by Crippen LogP contribution is -2.33. The summed E-state index contributed by atoms with van der Waals surface area (Å²) in [7, 11) is 2.25. The second-order valence-electron chi connectivity index (χ2n) is 6.36. The Hall–Kier alpha value is -0.380. The lowest BCUT2D eigenvalue weighted by atomic mass is 9.86. The summed E-state index contributed by atoms with van der Waals surface area (Å²) in [5.74, 6) is 0.850. The topological polar surface area (TPSA) is 29.3 Å². The molecule has 0 unspecified atom stereocenters. The van der Waals surface area contributed by atoms with Crippen molar-refractivity contribution in [1.82, 2.24) is 4.90 Å². The van der Waals surface area contributed by atoms with Crippen LogP contribution in [-0.4, -0.2) is 31.1 Å². The Balaban J connectivity index is 1.77. The third-order valence-electron chi connectivity index (χ3n) is 4.54. The van der Waals surface area contributed by atoms with Crippen LogP contribution < -0.4 is 5.73 Å². The molecule has 0 amide bonds. The second-order valence-corrected chi connectivity index (χ2v) is 7.28. The Morgan fingerprint density at radius 1 is 1.25 bits per heavy atom. The molecule has 0 heterocycles. The van der Waals surface area contributed by atoms with Gasteiger partial charge in [-0.25, -0.2) is 0 Å². The SMILES string of the molecule is Cc1ccc(Br)cc1CCN(C)CC1CCC(N)CC1. The van der Waals surface area contributed by atoms with E-state index in [1.807, 2.05) is 0 Å². The van der Waals surface area contributed by atoms with Crippen molar-refractivity contribution in [3.63, 3.8) is 0 Å². The summed E-state index contributed by atoms with van der Waals surface area (Å²) in [6.45, 7) is 4.56. The smallest absolute Gasteiger partial charge is 0.0178 e. The largest absolute Gasteiger partial charge is 0.328 e. The van der Waals surface area contributed by atoms with Gasteiger partial charge in [0.25, 0.3) is 0 Å². The van der Waals surface area contributed by atoms with Gasteiger partial charge in [-0.15, -0.1) is 0 Å². The predicted molar refractivity (Wildman–Crippen MR) is 90.0 cm³/mol. The third kappa shape index (κ3) is 4.87. The van der Waals surface area contributed by atoms with Crippen LogP contribution in [0.5, 0.6) is 0 Å². The highest BCUT2D eigenvalue weighted by Gasteiger charge is 2.19. The van der Waals surface area contributed by atoms with Crippen LogP contribution in [0.3, 0.4) is 0 Å². The van der Waals surface area contributed by atoms with Crippen molar-refractivity contribution in [2.45, 2.75) is 45.1 Å². The molecule has 2 rings (SSSR count). The van der Waals surface area contributed by atoms with Gasteiger partial charge >= 0.3 is 0 Å². The lowest BCUT2D eigenvalue weighted by Gasteiger charge is -2.29. The van der Waals surface area contributed by atoms with Crippen LogP contribution in [0, 0.1) is 12.8 Å². The van der Waals surface area contributed by atoms with Crippen LogP contribution in [-0.2, 0) is 6.42 Å². The number of nitrogens with zero attached hydrogens (tertiary/aromatic N) is 1. The highest BCUT2D eigenvalue weighted by atomic mass is 79.9.